The van der Waals surface area contributed by atoms with Crippen LogP contribution in [0.3, 0.4) is 0 Å². The van der Waals surface area contributed by atoms with Crippen LogP contribution in [0.15, 0.2) is 24.3 Å². The molecule has 2 aliphatic heterocycles. The maximum Gasteiger partial charge on any atom is 0.227 e. The molecule has 1 atom stereocenters. The van der Waals surface area contributed by atoms with E-state index in [-0.39, 0.29) is 16.6 Å². The monoisotopic (exact) mass is 345 g/mol. The number of carbonyl (C=O) groups excluding carboxylic acids is 1. The number of carbonyl (C=O) groups is 1. The van der Waals surface area contributed by atoms with E-state index in [9.17, 15) is 13.2 Å². The fourth-order valence-corrected chi connectivity index (χ4v) is 5.79. The van der Waals surface area contributed by atoms with Crippen molar-refractivity contribution in [2.45, 2.75) is 30.9 Å². The van der Waals surface area contributed by atoms with Gasteiger partial charge < -0.3 is 4.90 Å². The summed E-state index contributed by atoms with van der Waals surface area (Å²) in [6.45, 7) is 1.47. The van der Waals surface area contributed by atoms with Gasteiger partial charge in [-0.15, -0.1) is 0 Å². The van der Waals surface area contributed by atoms with Gasteiger partial charge in [-0.3, -0.25) is 4.79 Å². The van der Waals surface area contributed by atoms with Crippen molar-refractivity contribution in [2.24, 2.45) is 5.41 Å². The van der Waals surface area contributed by atoms with E-state index in [0.29, 0.717) is 31.6 Å². The summed E-state index contributed by atoms with van der Waals surface area (Å²) in [5.74, 6) is 0.00996. The van der Waals surface area contributed by atoms with Crippen LogP contribution in [0, 0.1) is 16.7 Å². The van der Waals surface area contributed by atoms with Crippen LogP contribution in [-0.4, -0.2) is 43.5 Å². The lowest BCUT2D eigenvalue weighted by molar-refractivity contribution is -0.117. The third kappa shape index (κ3) is 2.50. The van der Waals surface area contributed by atoms with E-state index in [4.69, 9.17) is 5.26 Å². The summed E-state index contributed by atoms with van der Waals surface area (Å²) in [7, 11) is -3.18. The van der Waals surface area contributed by atoms with Gasteiger partial charge in [-0.25, -0.2) is 12.7 Å². The predicted molar refractivity (Wildman–Crippen MR) is 88.7 cm³/mol. The van der Waals surface area contributed by atoms with Crippen molar-refractivity contribution in [3.05, 3.63) is 29.8 Å². The molecule has 1 amide bonds. The molecule has 1 aliphatic carbocycles. The minimum atomic E-state index is -3.18. The molecule has 1 aromatic carbocycles. The van der Waals surface area contributed by atoms with Gasteiger partial charge in [-0.05, 0) is 37.5 Å². The molecule has 7 heteroatoms. The van der Waals surface area contributed by atoms with Gasteiger partial charge in [0.25, 0.3) is 0 Å². The Balaban J connectivity index is 1.55. The SMILES string of the molecule is N#Cc1cccc(N2C[C@@]3(CCN(S(=O)(=O)C4CC4)C3)CC2=O)c1. The molecule has 0 bridgehead atoms. The highest BCUT2D eigenvalue weighted by atomic mass is 32.2. The average molecular weight is 345 g/mol. The number of nitrogens with zero attached hydrogens (tertiary/aromatic N) is 3. The zero-order chi connectivity index (χ0) is 16.9. The zero-order valence-corrected chi connectivity index (χ0v) is 14.1. The first kappa shape index (κ1) is 15.6. The molecule has 3 fully saturated rings. The van der Waals surface area contributed by atoms with Crippen LogP contribution in [0.4, 0.5) is 5.69 Å². The molecule has 4 rings (SSSR count). The van der Waals surface area contributed by atoms with Gasteiger partial charge in [-0.2, -0.15) is 5.26 Å². The Morgan fingerprint density at radius 2 is 2.04 bits per heavy atom. The quantitative estimate of drug-likeness (QED) is 0.831. The summed E-state index contributed by atoms with van der Waals surface area (Å²) in [5.41, 5.74) is 0.951. The Labute approximate surface area is 141 Å². The minimum Gasteiger partial charge on any atom is -0.312 e. The number of hydrogen-bond donors (Lipinski definition) is 0. The molecule has 0 unspecified atom stereocenters. The van der Waals surface area contributed by atoms with Gasteiger partial charge in [-0.1, -0.05) is 6.07 Å². The van der Waals surface area contributed by atoms with Crippen LogP contribution in [-0.2, 0) is 14.8 Å². The highest BCUT2D eigenvalue weighted by molar-refractivity contribution is 7.90. The van der Waals surface area contributed by atoms with Crippen LogP contribution < -0.4 is 4.90 Å². The smallest absolute Gasteiger partial charge is 0.227 e. The van der Waals surface area contributed by atoms with Crippen molar-refractivity contribution >= 4 is 21.6 Å². The molecule has 2 saturated heterocycles. The molecule has 2 heterocycles. The standard InChI is InChI=1S/C17H19N3O3S/c18-10-13-2-1-3-14(8-13)20-12-17(9-16(20)21)6-7-19(11-17)24(22,23)15-4-5-15/h1-3,8,15H,4-7,9,11-12H2/t17-/m0/s1. The summed E-state index contributed by atoms with van der Waals surface area (Å²) in [4.78, 5) is 14.2. The van der Waals surface area contributed by atoms with Gasteiger partial charge in [0.15, 0.2) is 0 Å². The van der Waals surface area contributed by atoms with Gasteiger partial charge >= 0.3 is 0 Å². The van der Waals surface area contributed by atoms with Crippen molar-refractivity contribution in [1.82, 2.24) is 4.31 Å². The van der Waals surface area contributed by atoms with E-state index in [1.807, 2.05) is 6.07 Å². The third-order valence-electron chi connectivity index (χ3n) is 5.32. The first-order chi connectivity index (χ1) is 11.4. The molecule has 3 aliphatic rings. The molecule has 1 spiro atoms. The maximum absolute atomic E-state index is 12.5. The van der Waals surface area contributed by atoms with Crippen molar-refractivity contribution in [2.75, 3.05) is 24.5 Å². The number of anilines is 1. The lowest BCUT2D eigenvalue weighted by Crippen LogP contribution is -2.35. The van der Waals surface area contributed by atoms with Crippen molar-refractivity contribution < 1.29 is 13.2 Å². The van der Waals surface area contributed by atoms with Crippen molar-refractivity contribution in [3.8, 4) is 6.07 Å². The minimum absolute atomic E-state index is 0.00996. The second-order valence-electron chi connectivity index (χ2n) is 7.15. The Hall–Kier alpha value is -1.91. The molecule has 24 heavy (non-hydrogen) atoms. The third-order valence-corrected chi connectivity index (χ3v) is 7.66. The second-order valence-corrected chi connectivity index (χ2v) is 9.36. The Bertz CT molecular complexity index is 841. The Kier molecular flexibility index (Phi) is 3.44. The number of rotatable bonds is 3. The summed E-state index contributed by atoms with van der Waals surface area (Å²) in [6, 6.07) is 9.10. The normalized spacial score (nSPS) is 27.8. The lowest BCUT2D eigenvalue weighted by atomic mass is 9.86. The molecule has 0 radical (unpaired) electrons. The molecule has 126 valence electrons. The number of nitriles is 1. The Morgan fingerprint density at radius 1 is 1.25 bits per heavy atom. The van der Waals surface area contributed by atoms with Crippen LogP contribution >= 0.6 is 0 Å². The van der Waals surface area contributed by atoms with Gasteiger partial charge in [0.1, 0.15) is 0 Å². The summed E-state index contributed by atoms with van der Waals surface area (Å²) >= 11 is 0. The first-order valence-corrected chi connectivity index (χ1v) is 9.73. The molecular weight excluding hydrogens is 326 g/mol. The van der Waals surface area contributed by atoms with Crippen LogP contribution in [0.25, 0.3) is 0 Å². The van der Waals surface area contributed by atoms with E-state index >= 15 is 0 Å². The van der Waals surface area contributed by atoms with Crippen LogP contribution in [0.1, 0.15) is 31.2 Å². The topological polar surface area (TPSA) is 81.5 Å². The summed E-state index contributed by atoms with van der Waals surface area (Å²) < 4.78 is 26.5. The van der Waals surface area contributed by atoms with Gasteiger partial charge in [0.2, 0.25) is 15.9 Å². The largest absolute Gasteiger partial charge is 0.312 e. The van der Waals surface area contributed by atoms with E-state index < -0.39 is 10.0 Å². The second kappa shape index (κ2) is 5.30. The molecular formula is C17H19N3O3S. The number of hydrogen-bond acceptors (Lipinski definition) is 4. The lowest BCUT2D eigenvalue weighted by Gasteiger charge is -2.24. The highest BCUT2D eigenvalue weighted by Gasteiger charge is 2.52. The van der Waals surface area contributed by atoms with Crippen LogP contribution in [0.2, 0.25) is 0 Å². The van der Waals surface area contributed by atoms with Gasteiger partial charge in [0.05, 0.1) is 16.9 Å². The number of amides is 1. The zero-order valence-electron chi connectivity index (χ0n) is 13.3. The average Bonchev–Trinajstić information content (AvgIpc) is 3.28. The fourth-order valence-electron chi connectivity index (χ4n) is 3.84. The van der Waals surface area contributed by atoms with Gasteiger partial charge in [0, 0.05) is 37.2 Å². The van der Waals surface area contributed by atoms with Crippen molar-refractivity contribution in [3.63, 3.8) is 0 Å². The first-order valence-electron chi connectivity index (χ1n) is 8.23. The molecule has 0 N–H and O–H groups in total. The van der Waals surface area contributed by atoms with E-state index in [1.165, 1.54) is 0 Å². The van der Waals surface area contributed by atoms with E-state index in [0.717, 1.165) is 24.9 Å². The molecule has 0 aromatic heterocycles. The fraction of sp³-hybridized carbons (Fsp3) is 0.529. The Morgan fingerprint density at radius 3 is 2.75 bits per heavy atom. The predicted octanol–water partition coefficient (Wildman–Crippen LogP) is 1.48. The maximum atomic E-state index is 12.5. The van der Waals surface area contributed by atoms with Crippen molar-refractivity contribution in [1.29, 1.82) is 5.26 Å². The molecule has 1 aromatic rings. The highest BCUT2D eigenvalue weighted by Crippen LogP contribution is 2.44. The molecule has 6 nitrogen and oxygen atoms in total. The summed E-state index contributed by atoms with van der Waals surface area (Å²) in [5, 5.41) is 8.83. The number of benzene rings is 1. The van der Waals surface area contributed by atoms with E-state index in [2.05, 4.69) is 6.07 Å². The summed E-state index contributed by atoms with van der Waals surface area (Å²) in [6.07, 6.45) is 2.62. The van der Waals surface area contributed by atoms with E-state index in [1.54, 1.807) is 27.4 Å². The number of sulfonamides is 1. The molecule has 1 saturated carbocycles. The van der Waals surface area contributed by atoms with Crippen LogP contribution in [0.5, 0.6) is 0 Å².